The van der Waals surface area contributed by atoms with Gasteiger partial charge in [-0.25, -0.2) is 4.79 Å². The van der Waals surface area contributed by atoms with E-state index in [1.165, 1.54) is 7.11 Å². The Labute approximate surface area is 127 Å². The van der Waals surface area contributed by atoms with E-state index in [1.807, 2.05) is 0 Å². The van der Waals surface area contributed by atoms with Crippen molar-refractivity contribution in [2.45, 2.75) is 12.8 Å². The van der Waals surface area contributed by atoms with Gasteiger partial charge >= 0.3 is 12.0 Å². The van der Waals surface area contributed by atoms with E-state index in [4.69, 9.17) is 21.4 Å². The number of methoxy groups -OCH3 is 1. The summed E-state index contributed by atoms with van der Waals surface area (Å²) in [5.41, 5.74) is 0.497. The highest BCUT2D eigenvalue weighted by molar-refractivity contribution is 6.31. The largest absolute Gasteiger partial charge is 0.495 e. The molecular formula is C14H17ClN2O4. The average Bonchev–Trinajstić information content (AvgIpc) is 2.86. The fourth-order valence-corrected chi connectivity index (χ4v) is 2.57. The predicted molar refractivity (Wildman–Crippen MR) is 79.0 cm³/mol. The second-order valence-electron chi connectivity index (χ2n) is 4.97. The van der Waals surface area contributed by atoms with E-state index in [0.717, 1.165) is 0 Å². The minimum atomic E-state index is -0.834. The molecule has 2 amide bonds. The number of urea groups is 1. The number of hydrogen-bond donors (Lipinski definition) is 2. The minimum Gasteiger partial charge on any atom is -0.495 e. The second kappa shape index (κ2) is 6.67. The standard InChI is InChI=1S/C14H17ClN2O4/c1-21-12-3-2-10(15)7-11(12)16-14(20)17-5-4-9(8-17)6-13(18)19/h2-3,7,9H,4-6,8H2,1H3,(H,16,20)(H,18,19). The molecule has 1 aromatic rings. The maximum absolute atomic E-state index is 12.2. The van der Waals surface area contributed by atoms with E-state index < -0.39 is 5.97 Å². The molecule has 0 saturated carbocycles. The Morgan fingerprint density at radius 1 is 1.52 bits per heavy atom. The van der Waals surface area contributed by atoms with Crippen LogP contribution < -0.4 is 10.1 Å². The molecule has 1 aliphatic rings. The van der Waals surface area contributed by atoms with Crippen LogP contribution in [0.2, 0.25) is 5.02 Å². The monoisotopic (exact) mass is 312 g/mol. The Balaban J connectivity index is 1.99. The van der Waals surface area contributed by atoms with Crippen molar-refractivity contribution in [1.82, 2.24) is 4.90 Å². The maximum Gasteiger partial charge on any atom is 0.321 e. The number of halogens is 1. The van der Waals surface area contributed by atoms with Crippen molar-refractivity contribution in [3.8, 4) is 5.75 Å². The topological polar surface area (TPSA) is 78.9 Å². The lowest BCUT2D eigenvalue weighted by Gasteiger charge is -2.18. The van der Waals surface area contributed by atoms with Crippen LogP contribution >= 0.6 is 11.6 Å². The SMILES string of the molecule is COc1ccc(Cl)cc1NC(=O)N1CCC(CC(=O)O)C1. The van der Waals surface area contributed by atoms with Crippen molar-refractivity contribution in [3.63, 3.8) is 0 Å². The number of anilines is 1. The van der Waals surface area contributed by atoms with Gasteiger partial charge in [-0.2, -0.15) is 0 Å². The molecule has 1 aromatic carbocycles. The third-order valence-electron chi connectivity index (χ3n) is 3.44. The molecule has 0 aromatic heterocycles. The zero-order chi connectivity index (χ0) is 15.4. The molecule has 0 bridgehead atoms. The molecular weight excluding hydrogens is 296 g/mol. The van der Waals surface area contributed by atoms with Gasteiger partial charge in [0.05, 0.1) is 12.8 Å². The number of nitrogens with one attached hydrogen (secondary N) is 1. The molecule has 21 heavy (non-hydrogen) atoms. The van der Waals surface area contributed by atoms with Crippen molar-refractivity contribution in [2.24, 2.45) is 5.92 Å². The van der Waals surface area contributed by atoms with E-state index in [-0.39, 0.29) is 18.4 Å². The Bertz CT molecular complexity index is 550. The van der Waals surface area contributed by atoms with E-state index in [2.05, 4.69) is 5.32 Å². The van der Waals surface area contributed by atoms with Gasteiger partial charge in [0.2, 0.25) is 0 Å². The number of hydrogen-bond acceptors (Lipinski definition) is 3. The molecule has 1 saturated heterocycles. The summed E-state index contributed by atoms with van der Waals surface area (Å²) in [6.07, 6.45) is 0.788. The van der Waals surface area contributed by atoms with Gasteiger partial charge in [-0.1, -0.05) is 11.6 Å². The number of carboxylic acids is 1. The Kier molecular flexibility index (Phi) is 4.90. The molecule has 114 valence electrons. The number of carboxylic acid groups (broad SMARTS) is 1. The smallest absolute Gasteiger partial charge is 0.321 e. The number of rotatable bonds is 4. The fraction of sp³-hybridized carbons (Fsp3) is 0.429. The summed E-state index contributed by atoms with van der Waals surface area (Å²) in [5, 5.41) is 12.0. The van der Waals surface area contributed by atoms with Gasteiger partial charge < -0.3 is 20.1 Å². The van der Waals surface area contributed by atoms with Gasteiger partial charge in [-0.3, -0.25) is 4.79 Å². The molecule has 1 heterocycles. The third kappa shape index (κ3) is 4.01. The van der Waals surface area contributed by atoms with Crippen LogP contribution in [-0.2, 0) is 4.79 Å². The van der Waals surface area contributed by atoms with Gasteiger partial charge in [0, 0.05) is 24.5 Å². The van der Waals surface area contributed by atoms with E-state index in [9.17, 15) is 9.59 Å². The third-order valence-corrected chi connectivity index (χ3v) is 3.67. The maximum atomic E-state index is 12.2. The van der Waals surface area contributed by atoms with E-state index in [0.29, 0.717) is 36.0 Å². The molecule has 0 aliphatic carbocycles. The van der Waals surface area contributed by atoms with Crippen LogP contribution in [0.25, 0.3) is 0 Å². The number of nitrogens with zero attached hydrogens (tertiary/aromatic N) is 1. The molecule has 6 nitrogen and oxygen atoms in total. The zero-order valence-corrected chi connectivity index (χ0v) is 12.4. The van der Waals surface area contributed by atoms with Gasteiger partial charge in [-0.15, -0.1) is 0 Å². The van der Waals surface area contributed by atoms with Crippen LogP contribution in [0.5, 0.6) is 5.75 Å². The first-order chi connectivity index (χ1) is 9.99. The zero-order valence-electron chi connectivity index (χ0n) is 11.6. The highest BCUT2D eigenvalue weighted by atomic mass is 35.5. The Morgan fingerprint density at radius 3 is 2.95 bits per heavy atom. The first-order valence-corrected chi connectivity index (χ1v) is 6.98. The summed E-state index contributed by atoms with van der Waals surface area (Å²) in [5.74, 6) is -0.303. The van der Waals surface area contributed by atoms with Crippen LogP contribution in [0, 0.1) is 5.92 Å². The van der Waals surface area contributed by atoms with Crippen molar-refractivity contribution < 1.29 is 19.4 Å². The molecule has 0 radical (unpaired) electrons. The second-order valence-corrected chi connectivity index (χ2v) is 5.41. The van der Waals surface area contributed by atoms with Crippen LogP contribution in [0.1, 0.15) is 12.8 Å². The first-order valence-electron chi connectivity index (χ1n) is 6.61. The van der Waals surface area contributed by atoms with Crippen LogP contribution in [0.3, 0.4) is 0 Å². The van der Waals surface area contributed by atoms with Crippen molar-refractivity contribution in [3.05, 3.63) is 23.2 Å². The number of likely N-dealkylation sites (tertiary alicyclic amines) is 1. The summed E-state index contributed by atoms with van der Waals surface area (Å²) >= 11 is 5.91. The number of aliphatic carboxylic acids is 1. The fourth-order valence-electron chi connectivity index (χ4n) is 2.40. The summed E-state index contributed by atoms with van der Waals surface area (Å²) < 4.78 is 5.17. The van der Waals surface area contributed by atoms with Gasteiger partial charge in [0.1, 0.15) is 5.75 Å². The number of benzene rings is 1. The molecule has 1 aliphatic heterocycles. The molecule has 7 heteroatoms. The number of ether oxygens (including phenoxy) is 1. The van der Waals surface area contributed by atoms with Crippen molar-refractivity contribution >= 4 is 29.3 Å². The van der Waals surface area contributed by atoms with E-state index >= 15 is 0 Å². The highest BCUT2D eigenvalue weighted by Crippen LogP contribution is 2.28. The van der Waals surface area contributed by atoms with Gasteiger partial charge in [0.15, 0.2) is 0 Å². The molecule has 1 unspecified atom stereocenters. The predicted octanol–water partition coefficient (Wildman–Crippen LogP) is 2.68. The molecule has 2 rings (SSSR count). The highest BCUT2D eigenvalue weighted by Gasteiger charge is 2.28. The molecule has 1 fully saturated rings. The first kappa shape index (κ1) is 15.4. The van der Waals surface area contributed by atoms with Gasteiger partial charge in [-0.05, 0) is 30.5 Å². The summed E-state index contributed by atoms with van der Waals surface area (Å²) in [6, 6.07) is 4.69. The van der Waals surface area contributed by atoms with Crippen LogP contribution in [0.4, 0.5) is 10.5 Å². The lowest BCUT2D eigenvalue weighted by molar-refractivity contribution is -0.138. The van der Waals surface area contributed by atoms with Crippen LogP contribution in [0.15, 0.2) is 18.2 Å². The number of amides is 2. The summed E-state index contributed by atoms with van der Waals surface area (Å²) in [4.78, 5) is 24.5. The Hall–Kier alpha value is -1.95. The summed E-state index contributed by atoms with van der Waals surface area (Å²) in [6.45, 7) is 0.994. The quantitative estimate of drug-likeness (QED) is 0.896. The normalized spacial score (nSPS) is 17.6. The molecule has 1 atom stereocenters. The van der Waals surface area contributed by atoms with Crippen LogP contribution in [-0.4, -0.2) is 42.2 Å². The summed E-state index contributed by atoms with van der Waals surface area (Å²) in [7, 11) is 1.51. The van der Waals surface area contributed by atoms with Gasteiger partial charge in [0.25, 0.3) is 0 Å². The number of carbonyl (C=O) groups excluding carboxylic acids is 1. The average molecular weight is 313 g/mol. The minimum absolute atomic E-state index is 0.00880. The van der Waals surface area contributed by atoms with Crippen molar-refractivity contribution in [2.75, 3.05) is 25.5 Å². The lowest BCUT2D eigenvalue weighted by atomic mass is 10.1. The van der Waals surface area contributed by atoms with Crippen molar-refractivity contribution in [1.29, 1.82) is 0 Å². The number of carbonyl (C=O) groups is 2. The molecule has 0 spiro atoms. The molecule has 2 N–H and O–H groups in total. The van der Waals surface area contributed by atoms with E-state index in [1.54, 1.807) is 23.1 Å². The lowest BCUT2D eigenvalue weighted by Crippen LogP contribution is -2.33. The Morgan fingerprint density at radius 2 is 2.29 bits per heavy atom.